The molecule has 0 spiro atoms. The highest BCUT2D eigenvalue weighted by Crippen LogP contribution is 2.30. The quantitative estimate of drug-likeness (QED) is 0.565. The van der Waals surface area contributed by atoms with Crippen LogP contribution in [0.1, 0.15) is 20.8 Å². The van der Waals surface area contributed by atoms with Crippen LogP contribution in [0.5, 0.6) is 0 Å². The number of imidazole rings is 1. The second kappa shape index (κ2) is 6.03. The van der Waals surface area contributed by atoms with Gasteiger partial charge >= 0.3 is 5.97 Å². The second-order valence-electron chi connectivity index (χ2n) is 6.20. The van der Waals surface area contributed by atoms with Gasteiger partial charge in [-0.2, -0.15) is 9.97 Å². The molecule has 0 unspecified atom stereocenters. The zero-order valence-electron chi connectivity index (χ0n) is 13.4. The van der Waals surface area contributed by atoms with Crippen molar-refractivity contribution in [1.82, 2.24) is 19.5 Å². The SMILES string of the molecule is CC(C)(C)C(=O)OCn1c(-c2cccs2)nc2c(Cl)nc(N)nc21. The lowest BCUT2D eigenvalue weighted by Crippen LogP contribution is -2.24. The van der Waals surface area contributed by atoms with E-state index in [0.29, 0.717) is 17.0 Å². The molecule has 0 aliphatic carbocycles. The molecule has 0 fully saturated rings. The molecule has 0 amide bonds. The van der Waals surface area contributed by atoms with Crippen molar-refractivity contribution in [1.29, 1.82) is 0 Å². The zero-order valence-corrected chi connectivity index (χ0v) is 15.0. The summed E-state index contributed by atoms with van der Waals surface area (Å²) in [5, 5.41) is 2.10. The summed E-state index contributed by atoms with van der Waals surface area (Å²) in [6, 6.07) is 3.82. The molecule has 3 rings (SSSR count). The van der Waals surface area contributed by atoms with Gasteiger partial charge in [0.05, 0.1) is 10.3 Å². The van der Waals surface area contributed by atoms with Crippen LogP contribution in [-0.4, -0.2) is 25.5 Å². The van der Waals surface area contributed by atoms with Gasteiger partial charge in [-0.25, -0.2) is 4.98 Å². The third-order valence-electron chi connectivity index (χ3n) is 3.25. The number of nitrogens with two attached hydrogens (primary N) is 1. The van der Waals surface area contributed by atoms with Crippen LogP contribution >= 0.6 is 22.9 Å². The van der Waals surface area contributed by atoms with Crippen LogP contribution in [0.2, 0.25) is 5.15 Å². The molecular weight excluding hydrogens is 350 g/mol. The number of rotatable bonds is 3. The molecule has 7 nitrogen and oxygen atoms in total. The molecule has 126 valence electrons. The molecule has 0 aromatic carbocycles. The van der Waals surface area contributed by atoms with Crippen molar-refractivity contribution in [2.45, 2.75) is 27.5 Å². The van der Waals surface area contributed by atoms with Gasteiger partial charge in [0.2, 0.25) is 5.95 Å². The minimum Gasteiger partial charge on any atom is -0.443 e. The van der Waals surface area contributed by atoms with Crippen LogP contribution in [0, 0.1) is 5.41 Å². The van der Waals surface area contributed by atoms with Crippen LogP contribution in [0.4, 0.5) is 5.95 Å². The number of ether oxygens (including phenoxy) is 1. The monoisotopic (exact) mass is 365 g/mol. The molecule has 3 aromatic rings. The van der Waals surface area contributed by atoms with Crippen molar-refractivity contribution in [2.75, 3.05) is 5.73 Å². The maximum absolute atomic E-state index is 12.1. The van der Waals surface area contributed by atoms with Crippen molar-refractivity contribution in [3.63, 3.8) is 0 Å². The Morgan fingerprint density at radius 1 is 1.38 bits per heavy atom. The van der Waals surface area contributed by atoms with Crippen molar-refractivity contribution in [3.8, 4) is 10.7 Å². The van der Waals surface area contributed by atoms with Gasteiger partial charge in [-0.15, -0.1) is 11.3 Å². The smallest absolute Gasteiger partial charge is 0.312 e. The number of esters is 1. The number of aromatic nitrogens is 4. The number of thiophene rings is 1. The molecule has 0 aliphatic rings. The molecule has 24 heavy (non-hydrogen) atoms. The van der Waals surface area contributed by atoms with Gasteiger partial charge in [0.15, 0.2) is 23.4 Å². The van der Waals surface area contributed by atoms with Crippen LogP contribution in [0.15, 0.2) is 17.5 Å². The Labute approximate surface area is 147 Å². The van der Waals surface area contributed by atoms with Crippen LogP contribution in [-0.2, 0) is 16.3 Å². The summed E-state index contributed by atoms with van der Waals surface area (Å²) in [5.41, 5.74) is 5.93. The van der Waals surface area contributed by atoms with E-state index in [1.54, 1.807) is 25.3 Å². The topological polar surface area (TPSA) is 95.9 Å². The molecule has 3 heterocycles. The van der Waals surface area contributed by atoms with Gasteiger partial charge in [0.1, 0.15) is 5.52 Å². The number of carbonyl (C=O) groups excluding carboxylic acids is 1. The first-order valence-electron chi connectivity index (χ1n) is 7.17. The van der Waals surface area contributed by atoms with E-state index in [9.17, 15) is 4.79 Å². The Hall–Kier alpha value is -2.19. The number of nitrogen functional groups attached to an aromatic ring is 1. The maximum atomic E-state index is 12.1. The first-order chi connectivity index (χ1) is 11.3. The van der Waals surface area contributed by atoms with E-state index in [1.807, 2.05) is 17.5 Å². The summed E-state index contributed by atoms with van der Waals surface area (Å²) in [7, 11) is 0. The number of hydrogen-bond acceptors (Lipinski definition) is 7. The van der Waals surface area contributed by atoms with Crippen molar-refractivity contribution in [3.05, 3.63) is 22.7 Å². The van der Waals surface area contributed by atoms with Crippen LogP contribution in [0.25, 0.3) is 21.9 Å². The second-order valence-corrected chi connectivity index (χ2v) is 7.50. The number of halogens is 1. The Morgan fingerprint density at radius 2 is 2.12 bits per heavy atom. The predicted octanol–water partition coefficient (Wildman–Crippen LogP) is 3.34. The van der Waals surface area contributed by atoms with Gasteiger partial charge in [-0.3, -0.25) is 9.36 Å². The van der Waals surface area contributed by atoms with Gasteiger partial charge in [-0.1, -0.05) is 17.7 Å². The average Bonchev–Trinajstić information content (AvgIpc) is 3.10. The highest BCUT2D eigenvalue weighted by Gasteiger charge is 2.25. The molecule has 9 heteroatoms. The molecule has 0 saturated carbocycles. The summed E-state index contributed by atoms with van der Waals surface area (Å²) < 4.78 is 7.10. The Balaban J connectivity index is 2.09. The van der Waals surface area contributed by atoms with E-state index in [1.165, 1.54) is 11.3 Å². The van der Waals surface area contributed by atoms with Gasteiger partial charge < -0.3 is 10.5 Å². The fourth-order valence-corrected chi connectivity index (χ4v) is 2.97. The van der Waals surface area contributed by atoms with Crippen molar-refractivity contribution >= 4 is 46.0 Å². The minimum atomic E-state index is -0.606. The van der Waals surface area contributed by atoms with Crippen LogP contribution in [0.3, 0.4) is 0 Å². The summed E-state index contributed by atoms with van der Waals surface area (Å²) in [6.07, 6.45) is 0. The first-order valence-corrected chi connectivity index (χ1v) is 8.43. The summed E-state index contributed by atoms with van der Waals surface area (Å²) >= 11 is 7.64. The van der Waals surface area contributed by atoms with Crippen molar-refractivity contribution < 1.29 is 9.53 Å². The Bertz CT molecular complexity index is 899. The number of fused-ring (bicyclic) bond motifs is 1. The molecule has 2 N–H and O–H groups in total. The molecule has 0 bridgehead atoms. The van der Waals surface area contributed by atoms with Gasteiger partial charge in [0.25, 0.3) is 0 Å². The summed E-state index contributed by atoms with van der Waals surface area (Å²) in [6.45, 7) is 5.34. The van der Waals surface area contributed by atoms with E-state index < -0.39 is 5.41 Å². The zero-order chi connectivity index (χ0) is 17.5. The standard InChI is InChI=1S/C15H16ClN5O2S/c1-15(2,3)13(22)23-7-21-11(8-5-4-6-24-8)18-9-10(16)19-14(17)20-12(9)21/h4-6H,7H2,1-3H3,(H2,17,19,20). The molecular formula is C15H16ClN5O2S. The number of nitrogens with zero attached hydrogens (tertiary/aromatic N) is 4. The van der Waals surface area contributed by atoms with E-state index >= 15 is 0 Å². The number of carbonyl (C=O) groups is 1. The van der Waals surface area contributed by atoms with Gasteiger partial charge in [0, 0.05) is 0 Å². The van der Waals surface area contributed by atoms with Crippen LogP contribution < -0.4 is 5.73 Å². The summed E-state index contributed by atoms with van der Waals surface area (Å²) in [4.78, 5) is 25.6. The van der Waals surface area contributed by atoms with E-state index in [0.717, 1.165) is 4.88 Å². The lowest BCUT2D eigenvalue weighted by atomic mass is 9.98. The number of hydrogen-bond donors (Lipinski definition) is 1. The van der Waals surface area contributed by atoms with Crippen molar-refractivity contribution in [2.24, 2.45) is 5.41 Å². The highest BCUT2D eigenvalue weighted by atomic mass is 35.5. The third-order valence-corrected chi connectivity index (χ3v) is 4.38. The summed E-state index contributed by atoms with van der Waals surface area (Å²) in [5.74, 6) is 0.312. The average molecular weight is 366 g/mol. The lowest BCUT2D eigenvalue weighted by molar-refractivity contribution is -0.156. The first kappa shape index (κ1) is 16.7. The number of anilines is 1. The van der Waals surface area contributed by atoms with E-state index in [4.69, 9.17) is 22.1 Å². The predicted molar refractivity (Wildman–Crippen MR) is 93.6 cm³/mol. The lowest BCUT2D eigenvalue weighted by Gasteiger charge is -2.17. The minimum absolute atomic E-state index is 0.0351. The van der Waals surface area contributed by atoms with E-state index in [2.05, 4.69) is 15.0 Å². The normalized spacial score (nSPS) is 11.8. The molecule has 0 atom stereocenters. The largest absolute Gasteiger partial charge is 0.443 e. The molecule has 3 aromatic heterocycles. The fraction of sp³-hybridized carbons (Fsp3) is 0.333. The Kier molecular flexibility index (Phi) is 4.18. The maximum Gasteiger partial charge on any atom is 0.312 e. The fourth-order valence-electron chi connectivity index (χ4n) is 2.04. The molecule has 0 aliphatic heterocycles. The Morgan fingerprint density at radius 3 is 2.75 bits per heavy atom. The highest BCUT2D eigenvalue weighted by molar-refractivity contribution is 7.13. The van der Waals surface area contributed by atoms with E-state index in [-0.39, 0.29) is 23.8 Å². The molecule has 0 radical (unpaired) electrons. The molecule has 0 saturated heterocycles. The van der Waals surface area contributed by atoms with Gasteiger partial charge in [-0.05, 0) is 32.2 Å². The third kappa shape index (κ3) is 3.07.